The number of likely N-dealkylation sites (tertiary alicyclic amines) is 1. The van der Waals surface area contributed by atoms with Crippen LogP contribution in [0.5, 0.6) is 11.6 Å². The number of sulfonamides is 1. The highest BCUT2D eigenvalue weighted by atomic mass is 32.2. The van der Waals surface area contributed by atoms with Gasteiger partial charge in [-0.3, -0.25) is 0 Å². The lowest BCUT2D eigenvalue weighted by molar-refractivity contribution is -0.0261. The molecule has 1 aromatic carbocycles. The SMILES string of the molecule is COc1cc(-c2cc(F)cc(C(C)C)c2OC2=NN=C(S(=O)(=O)N3CCC4(CCN4C)CC3)C2)ccn1. The van der Waals surface area contributed by atoms with Crippen LogP contribution in [0.1, 0.15) is 51.0 Å². The second-order valence-electron chi connectivity index (χ2n) is 10.2. The molecule has 2 aromatic rings. The number of methoxy groups -OCH3 is 1. The van der Waals surface area contributed by atoms with E-state index in [1.807, 2.05) is 13.8 Å². The summed E-state index contributed by atoms with van der Waals surface area (Å²) >= 11 is 0. The van der Waals surface area contributed by atoms with Crippen LogP contribution in [0.3, 0.4) is 0 Å². The summed E-state index contributed by atoms with van der Waals surface area (Å²) in [5, 5.41) is 8.05. The number of rotatable bonds is 5. The van der Waals surface area contributed by atoms with E-state index in [4.69, 9.17) is 9.47 Å². The van der Waals surface area contributed by atoms with Crippen LogP contribution in [-0.4, -0.2) is 72.9 Å². The minimum absolute atomic E-state index is 0.0271. The van der Waals surface area contributed by atoms with Crippen molar-refractivity contribution < 1.29 is 22.3 Å². The Morgan fingerprint density at radius 1 is 1.08 bits per heavy atom. The first-order valence-corrected chi connectivity index (χ1v) is 13.9. The lowest BCUT2D eigenvalue weighted by Crippen LogP contribution is -2.63. The van der Waals surface area contributed by atoms with Crippen LogP contribution in [0.4, 0.5) is 4.39 Å². The van der Waals surface area contributed by atoms with E-state index < -0.39 is 15.8 Å². The van der Waals surface area contributed by atoms with Crippen molar-refractivity contribution in [1.82, 2.24) is 14.2 Å². The lowest BCUT2D eigenvalue weighted by Gasteiger charge is -2.54. The van der Waals surface area contributed by atoms with Gasteiger partial charge in [0.2, 0.25) is 11.8 Å². The van der Waals surface area contributed by atoms with Crippen molar-refractivity contribution in [3.8, 4) is 22.8 Å². The van der Waals surface area contributed by atoms with Crippen LogP contribution in [0.2, 0.25) is 0 Å². The number of benzene rings is 1. The molecule has 2 fully saturated rings. The summed E-state index contributed by atoms with van der Waals surface area (Å²) in [6.07, 6.45) is 4.25. The van der Waals surface area contributed by atoms with Crippen molar-refractivity contribution in [2.24, 2.45) is 10.2 Å². The summed E-state index contributed by atoms with van der Waals surface area (Å²) in [6, 6.07) is 6.24. The number of pyridine rings is 1. The van der Waals surface area contributed by atoms with Gasteiger partial charge in [-0.1, -0.05) is 13.8 Å². The van der Waals surface area contributed by atoms with Crippen molar-refractivity contribution in [3.63, 3.8) is 0 Å². The van der Waals surface area contributed by atoms with Gasteiger partial charge >= 0.3 is 0 Å². The molecule has 2 saturated heterocycles. The monoisotopic (exact) mass is 529 g/mol. The molecule has 5 rings (SSSR count). The molecule has 0 aliphatic carbocycles. The van der Waals surface area contributed by atoms with E-state index in [2.05, 4.69) is 27.1 Å². The number of ether oxygens (including phenoxy) is 2. The van der Waals surface area contributed by atoms with E-state index in [0.29, 0.717) is 41.4 Å². The Kier molecular flexibility index (Phi) is 6.80. The third kappa shape index (κ3) is 4.75. The molecule has 3 aliphatic rings. The van der Waals surface area contributed by atoms with Gasteiger partial charge in [-0.25, -0.2) is 17.8 Å². The molecule has 11 heteroatoms. The molecule has 0 amide bonds. The maximum absolute atomic E-state index is 14.6. The molecule has 1 spiro atoms. The smallest absolute Gasteiger partial charge is 0.258 e. The molecule has 198 valence electrons. The van der Waals surface area contributed by atoms with Gasteiger partial charge in [0.25, 0.3) is 10.0 Å². The second-order valence-corrected chi connectivity index (χ2v) is 12.1. The van der Waals surface area contributed by atoms with Gasteiger partial charge in [-0.15, -0.1) is 10.2 Å². The van der Waals surface area contributed by atoms with Crippen molar-refractivity contribution in [1.29, 1.82) is 0 Å². The summed E-state index contributed by atoms with van der Waals surface area (Å²) in [5.74, 6) is 0.469. The highest BCUT2D eigenvalue weighted by Crippen LogP contribution is 2.41. The summed E-state index contributed by atoms with van der Waals surface area (Å²) in [4.78, 5) is 6.45. The maximum Gasteiger partial charge on any atom is 0.258 e. The van der Waals surface area contributed by atoms with Crippen molar-refractivity contribution in [2.45, 2.75) is 51.0 Å². The Morgan fingerprint density at radius 3 is 2.43 bits per heavy atom. The van der Waals surface area contributed by atoms with Crippen LogP contribution in [0.15, 0.2) is 40.7 Å². The van der Waals surface area contributed by atoms with Gasteiger partial charge in [0.05, 0.1) is 13.5 Å². The zero-order valence-corrected chi connectivity index (χ0v) is 22.4. The topological polar surface area (TPSA) is 96.7 Å². The van der Waals surface area contributed by atoms with Gasteiger partial charge in [0, 0.05) is 48.6 Å². The normalized spacial score (nSPS) is 20.1. The van der Waals surface area contributed by atoms with Crippen molar-refractivity contribution >= 4 is 21.0 Å². The van der Waals surface area contributed by atoms with Crippen molar-refractivity contribution in [3.05, 3.63) is 41.8 Å². The van der Waals surface area contributed by atoms with E-state index in [0.717, 1.165) is 25.8 Å². The summed E-state index contributed by atoms with van der Waals surface area (Å²) in [7, 11) is -0.149. The van der Waals surface area contributed by atoms with Gasteiger partial charge in [-0.05, 0) is 56.0 Å². The van der Waals surface area contributed by atoms with E-state index >= 15 is 0 Å². The Hall–Kier alpha value is -2.89. The first kappa shape index (κ1) is 25.7. The van der Waals surface area contributed by atoms with Crippen LogP contribution in [0, 0.1) is 5.82 Å². The average molecular weight is 530 g/mol. The van der Waals surface area contributed by atoms with Crippen LogP contribution in [-0.2, 0) is 10.0 Å². The number of halogens is 1. The third-order valence-corrected chi connectivity index (χ3v) is 9.63. The Bertz CT molecular complexity index is 1370. The largest absolute Gasteiger partial charge is 0.481 e. The molecule has 9 nitrogen and oxygen atoms in total. The molecule has 4 heterocycles. The molecule has 0 atom stereocenters. The van der Waals surface area contributed by atoms with Crippen LogP contribution < -0.4 is 9.47 Å². The van der Waals surface area contributed by atoms with E-state index in [1.165, 1.54) is 23.5 Å². The molecule has 3 aliphatic heterocycles. The molecular formula is C26H32FN5O4S. The standard InChI is InChI=1S/C26H32FN5O4S/c1-17(2)20-14-19(27)15-21(18-5-9-28-22(13-18)35-4)25(20)36-23-16-24(30-29-23)37(33,34)32-11-7-26(8-12-32)6-10-31(26)3/h5,9,13-15,17H,6-8,10-12,16H2,1-4H3. The number of nitrogens with zero attached hydrogens (tertiary/aromatic N) is 5. The zero-order chi connectivity index (χ0) is 26.4. The fraction of sp³-hybridized carbons (Fsp3) is 0.500. The molecule has 37 heavy (non-hydrogen) atoms. The molecule has 0 bridgehead atoms. The lowest BCUT2D eigenvalue weighted by atomic mass is 9.77. The number of piperidine rings is 1. The molecular weight excluding hydrogens is 497 g/mol. The number of hydrogen-bond acceptors (Lipinski definition) is 8. The van der Waals surface area contributed by atoms with Crippen LogP contribution in [0.25, 0.3) is 11.1 Å². The molecule has 0 radical (unpaired) electrons. The quantitative estimate of drug-likeness (QED) is 0.581. The molecule has 0 unspecified atom stereocenters. The predicted octanol–water partition coefficient (Wildman–Crippen LogP) is 4.01. The fourth-order valence-corrected chi connectivity index (χ4v) is 6.68. The zero-order valence-electron chi connectivity index (χ0n) is 21.6. The highest BCUT2D eigenvalue weighted by molar-refractivity contribution is 8.04. The molecule has 0 saturated carbocycles. The Morgan fingerprint density at radius 2 is 1.81 bits per heavy atom. The highest BCUT2D eigenvalue weighted by Gasteiger charge is 2.47. The van der Waals surface area contributed by atoms with E-state index in [1.54, 1.807) is 18.3 Å². The summed E-state index contributed by atoms with van der Waals surface area (Å²) in [6.45, 7) is 5.86. The summed E-state index contributed by atoms with van der Waals surface area (Å²) < 4.78 is 54.3. The molecule has 0 N–H and O–H groups in total. The third-order valence-electron chi connectivity index (χ3n) is 7.77. The van der Waals surface area contributed by atoms with E-state index in [9.17, 15) is 12.8 Å². The minimum atomic E-state index is -3.76. The van der Waals surface area contributed by atoms with E-state index in [-0.39, 0.29) is 28.8 Å². The number of hydrogen-bond donors (Lipinski definition) is 0. The van der Waals surface area contributed by atoms with Crippen LogP contribution >= 0.6 is 0 Å². The van der Waals surface area contributed by atoms with Crippen molar-refractivity contribution in [2.75, 3.05) is 33.8 Å². The van der Waals surface area contributed by atoms with Gasteiger partial charge < -0.3 is 14.4 Å². The fourth-order valence-electron chi connectivity index (χ4n) is 5.26. The number of aromatic nitrogens is 1. The average Bonchev–Trinajstić information content (AvgIpc) is 3.38. The predicted molar refractivity (Wildman–Crippen MR) is 140 cm³/mol. The Balaban J connectivity index is 1.36. The molecule has 1 aromatic heterocycles. The minimum Gasteiger partial charge on any atom is -0.481 e. The maximum atomic E-state index is 14.6. The second kappa shape index (κ2) is 9.77. The summed E-state index contributed by atoms with van der Waals surface area (Å²) in [5.41, 5.74) is 1.92. The van der Waals surface area contributed by atoms with Gasteiger partial charge in [-0.2, -0.15) is 4.31 Å². The first-order valence-electron chi connectivity index (χ1n) is 12.5. The first-order chi connectivity index (χ1) is 17.6. The van der Waals surface area contributed by atoms with Gasteiger partial charge in [0.1, 0.15) is 11.6 Å². The Labute approximate surface area is 217 Å². The van der Waals surface area contributed by atoms with Gasteiger partial charge in [0.15, 0.2) is 5.04 Å².